The molecule has 2 N–H and O–H groups in total. The summed E-state index contributed by atoms with van der Waals surface area (Å²) >= 11 is 0. The molecule has 0 aromatic rings. The summed E-state index contributed by atoms with van der Waals surface area (Å²) < 4.78 is 11.7. The van der Waals surface area contributed by atoms with Gasteiger partial charge in [-0.1, -0.05) is 12.2 Å². The van der Waals surface area contributed by atoms with Gasteiger partial charge in [0.1, 0.15) is 0 Å². The highest BCUT2D eigenvalue weighted by Crippen LogP contribution is 1.99. The van der Waals surface area contributed by atoms with Gasteiger partial charge in [-0.2, -0.15) is 0 Å². The third-order valence-corrected chi connectivity index (χ3v) is 1.32. The molecule has 0 aliphatic carbocycles. The van der Waals surface area contributed by atoms with E-state index in [1.165, 1.54) is 5.01 Å². The average molecular weight is 131 g/mol. The fourth-order valence-corrected chi connectivity index (χ4v) is 0.779. The number of piperazine rings is 1. The number of nitrogens with zero attached hydrogens (tertiary/aromatic N) is 1. The van der Waals surface area contributed by atoms with Crippen LogP contribution in [0.3, 0.4) is 0 Å². The van der Waals surface area contributed by atoms with Gasteiger partial charge in [-0.25, -0.2) is 0 Å². The molecule has 1 saturated heterocycles. The van der Waals surface area contributed by atoms with Crippen molar-refractivity contribution >= 4 is 0 Å². The maximum Gasteiger partial charge on any atom is 0.0491 e. The number of hydrazine groups is 1. The zero-order valence-corrected chi connectivity index (χ0v) is 5.15. The van der Waals surface area contributed by atoms with Crippen molar-refractivity contribution in [1.82, 2.24) is 16.0 Å². The lowest BCUT2D eigenvalue weighted by Gasteiger charge is -2.27. The van der Waals surface area contributed by atoms with E-state index in [0.717, 1.165) is 12.2 Å². The second-order valence-electron chi connectivity index (χ2n) is 1.98. The maximum atomic E-state index is 11.7. The van der Waals surface area contributed by atoms with E-state index in [1.807, 2.05) is 0 Å². The van der Waals surface area contributed by atoms with Gasteiger partial charge in [0.2, 0.25) is 0 Å². The van der Waals surface area contributed by atoms with Gasteiger partial charge in [0.25, 0.3) is 0 Å². The van der Waals surface area contributed by atoms with Crippen molar-refractivity contribution in [2.75, 3.05) is 19.6 Å². The van der Waals surface area contributed by atoms with Gasteiger partial charge in [-0.05, 0) is 0 Å². The van der Waals surface area contributed by atoms with E-state index in [2.05, 4.69) is 11.9 Å². The Balaban J connectivity index is 2.39. The van der Waals surface area contributed by atoms with Crippen LogP contribution in [0.4, 0.5) is 4.48 Å². The Labute approximate surface area is 53.4 Å². The first kappa shape index (κ1) is 6.51. The fourth-order valence-electron chi connectivity index (χ4n) is 0.779. The van der Waals surface area contributed by atoms with Crippen LogP contribution in [-0.4, -0.2) is 24.6 Å². The molecule has 1 fully saturated rings. The molecule has 3 nitrogen and oxygen atoms in total. The standard InChI is InChI=1S/C5H10FN3/c1-5-4-7-2-3-9(5)8-6/h7-8H,1-4H2. The molecule has 0 radical (unpaired) electrons. The number of halogens is 1. The predicted octanol–water partition coefficient (Wildman–Crippen LogP) is -0.206. The van der Waals surface area contributed by atoms with Crippen LogP contribution >= 0.6 is 0 Å². The van der Waals surface area contributed by atoms with Gasteiger partial charge < -0.3 is 5.32 Å². The first-order valence-corrected chi connectivity index (χ1v) is 2.87. The number of nitrogens with one attached hydrogen (secondary N) is 2. The summed E-state index contributed by atoms with van der Waals surface area (Å²) in [5.74, 6) is 0. The summed E-state index contributed by atoms with van der Waals surface area (Å²) in [5.41, 5.74) is 2.29. The quantitative estimate of drug-likeness (QED) is 0.482. The summed E-state index contributed by atoms with van der Waals surface area (Å²) in [5, 5.41) is 4.44. The molecule has 1 heterocycles. The van der Waals surface area contributed by atoms with Gasteiger partial charge in [0, 0.05) is 25.3 Å². The zero-order chi connectivity index (χ0) is 6.69. The molecule has 0 bridgehead atoms. The van der Waals surface area contributed by atoms with Gasteiger partial charge in [0.15, 0.2) is 0 Å². The summed E-state index contributed by atoms with van der Waals surface area (Å²) in [4.78, 5) is 0. The van der Waals surface area contributed by atoms with Crippen LogP contribution in [0.15, 0.2) is 12.3 Å². The molecule has 1 aliphatic heterocycles. The van der Waals surface area contributed by atoms with Gasteiger partial charge in [-0.3, -0.25) is 5.01 Å². The smallest absolute Gasteiger partial charge is 0.0491 e. The lowest BCUT2D eigenvalue weighted by molar-refractivity contribution is 0.0872. The van der Waals surface area contributed by atoms with E-state index in [0.29, 0.717) is 13.1 Å². The van der Waals surface area contributed by atoms with Gasteiger partial charge in [-0.15, -0.1) is 4.48 Å². The van der Waals surface area contributed by atoms with Crippen molar-refractivity contribution in [3.8, 4) is 0 Å². The lowest BCUT2D eigenvalue weighted by atomic mass is 10.3. The Hall–Kier alpha value is -0.610. The second-order valence-corrected chi connectivity index (χ2v) is 1.98. The molecular formula is C5H10FN3. The van der Waals surface area contributed by atoms with Crippen molar-refractivity contribution in [1.29, 1.82) is 0 Å². The first-order valence-electron chi connectivity index (χ1n) is 2.87. The van der Waals surface area contributed by atoms with E-state index in [9.17, 15) is 4.48 Å². The van der Waals surface area contributed by atoms with Crippen LogP contribution in [0.5, 0.6) is 0 Å². The largest absolute Gasteiger partial charge is 0.309 e. The van der Waals surface area contributed by atoms with Crippen LogP contribution in [0.1, 0.15) is 0 Å². The van der Waals surface area contributed by atoms with E-state index in [4.69, 9.17) is 0 Å². The molecule has 0 saturated carbocycles. The highest BCUT2D eigenvalue weighted by Gasteiger charge is 2.10. The van der Waals surface area contributed by atoms with Crippen LogP contribution in [-0.2, 0) is 0 Å². The van der Waals surface area contributed by atoms with Gasteiger partial charge in [0.05, 0.1) is 0 Å². The summed E-state index contributed by atoms with van der Waals surface area (Å²) in [6.45, 7) is 5.73. The van der Waals surface area contributed by atoms with E-state index in [-0.39, 0.29) is 0 Å². The third kappa shape index (κ3) is 1.40. The van der Waals surface area contributed by atoms with Crippen LogP contribution in [0, 0.1) is 0 Å². The maximum absolute atomic E-state index is 11.7. The Bertz CT molecular complexity index is 115. The van der Waals surface area contributed by atoms with Crippen LogP contribution in [0.2, 0.25) is 0 Å². The molecule has 0 aromatic carbocycles. The molecule has 0 amide bonds. The summed E-state index contributed by atoms with van der Waals surface area (Å²) in [6, 6.07) is 0. The Kier molecular flexibility index (Phi) is 2.02. The molecule has 1 aliphatic rings. The molecular weight excluding hydrogens is 121 g/mol. The third-order valence-electron chi connectivity index (χ3n) is 1.32. The second kappa shape index (κ2) is 2.80. The molecule has 0 aromatic heterocycles. The van der Waals surface area contributed by atoms with E-state index >= 15 is 0 Å². The molecule has 0 unspecified atom stereocenters. The Morgan fingerprint density at radius 3 is 3.00 bits per heavy atom. The minimum atomic E-state index is 0.634. The molecule has 9 heavy (non-hydrogen) atoms. The Morgan fingerprint density at radius 2 is 2.56 bits per heavy atom. The van der Waals surface area contributed by atoms with Crippen molar-refractivity contribution < 1.29 is 4.48 Å². The van der Waals surface area contributed by atoms with Crippen LogP contribution < -0.4 is 11.0 Å². The van der Waals surface area contributed by atoms with Crippen molar-refractivity contribution in [2.45, 2.75) is 0 Å². The Morgan fingerprint density at radius 1 is 1.78 bits per heavy atom. The number of hydrogen-bond acceptors (Lipinski definition) is 3. The average Bonchev–Trinajstić information content (AvgIpc) is 1.89. The normalized spacial score (nSPS) is 20.6. The van der Waals surface area contributed by atoms with Gasteiger partial charge >= 0.3 is 0 Å². The van der Waals surface area contributed by atoms with E-state index < -0.39 is 0 Å². The zero-order valence-electron chi connectivity index (χ0n) is 5.15. The van der Waals surface area contributed by atoms with E-state index in [1.54, 1.807) is 5.65 Å². The first-order chi connectivity index (χ1) is 4.34. The SMILES string of the molecule is C=C1CNCCN1NF. The highest BCUT2D eigenvalue weighted by atomic mass is 19.2. The lowest BCUT2D eigenvalue weighted by Crippen LogP contribution is -2.45. The highest BCUT2D eigenvalue weighted by molar-refractivity contribution is 4.97. The van der Waals surface area contributed by atoms with Crippen molar-refractivity contribution in [2.24, 2.45) is 0 Å². The molecule has 1 rings (SSSR count). The topological polar surface area (TPSA) is 27.3 Å². The molecule has 0 atom stereocenters. The summed E-state index contributed by atoms with van der Waals surface area (Å²) in [7, 11) is 0. The molecule has 4 heteroatoms. The summed E-state index contributed by atoms with van der Waals surface area (Å²) in [6.07, 6.45) is 0. The predicted molar refractivity (Wildman–Crippen MR) is 33.0 cm³/mol. The monoisotopic (exact) mass is 131 g/mol. The minimum absolute atomic E-state index is 0.634. The number of rotatable bonds is 1. The van der Waals surface area contributed by atoms with Crippen LogP contribution in [0.25, 0.3) is 0 Å². The fraction of sp³-hybridized carbons (Fsp3) is 0.600. The number of hydrogen-bond donors (Lipinski definition) is 2. The molecule has 0 spiro atoms. The van der Waals surface area contributed by atoms with Crippen molar-refractivity contribution in [3.05, 3.63) is 12.3 Å². The molecule has 52 valence electrons. The minimum Gasteiger partial charge on any atom is -0.309 e. The van der Waals surface area contributed by atoms with Crippen molar-refractivity contribution in [3.63, 3.8) is 0 Å².